The molecule has 70 valence electrons. The second kappa shape index (κ2) is 2.40. The molecule has 0 saturated carbocycles. The summed E-state index contributed by atoms with van der Waals surface area (Å²) in [6.07, 6.45) is -10.7. The molecule has 0 atom stereocenters. The minimum Gasteiger partial charge on any atom is -0.166 e. The first kappa shape index (κ1) is 9.41. The van der Waals surface area contributed by atoms with Crippen LogP contribution in [0.25, 0.3) is 0 Å². The van der Waals surface area contributed by atoms with E-state index in [1.807, 2.05) is 0 Å². The lowest BCUT2D eigenvalue weighted by Gasteiger charge is -2.27. The molecular weight excluding hydrogens is 186 g/mol. The molecule has 1 rings (SSSR count). The molecule has 0 bridgehead atoms. The van der Waals surface area contributed by atoms with Crippen molar-refractivity contribution in [1.29, 1.82) is 0 Å². The van der Waals surface area contributed by atoms with Crippen molar-refractivity contribution in [1.82, 2.24) is 0 Å². The summed E-state index contributed by atoms with van der Waals surface area (Å²) >= 11 is 0. The Morgan fingerprint density at radius 3 is 1.00 bits per heavy atom. The van der Waals surface area contributed by atoms with Crippen molar-refractivity contribution in [3.05, 3.63) is 11.1 Å². The van der Waals surface area contributed by atoms with Crippen LogP contribution in [0.1, 0.15) is 12.8 Å². The van der Waals surface area contributed by atoms with E-state index in [-0.39, 0.29) is 0 Å². The first-order valence-corrected chi connectivity index (χ1v) is 3.09. The summed E-state index contributed by atoms with van der Waals surface area (Å²) in [6.45, 7) is 0. The van der Waals surface area contributed by atoms with Gasteiger partial charge in [0.05, 0.1) is 0 Å². The van der Waals surface area contributed by atoms with E-state index >= 15 is 0 Å². The molecule has 0 saturated heterocycles. The molecule has 0 radical (unpaired) electrons. The van der Waals surface area contributed by atoms with E-state index in [0.29, 0.717) is 0 Å². The lowest BCUT2D eigenvalue weighted by Crippen LogP contribution is -2.28. The Morgan fingerprint density at radius 1 is 0.667 bits per heavy atom. The maximum atomic E-state index is 11.7. The summed E-state index contributed by atoms with van der Waals surface area (Å²) in [4.78, 5) is 0. The highest BCUT2D eigenvalue weighted by Gasteiger charge is 2.49. The van der Waals surface area contributed by atoms with Crippen LogP contribution in [-0.4, -0.2) is 12.4 Å². The third-order valence-electron chi connectivity index (χ3n) is 1.67. The van der Waals surface area contributed by atoms with Crippen LogP contribution in [0, 0.1) is 0 Å². The van der Waals surface area contributed by atoms with Crippen molar-refractivity contribution in [3.8, 4) is 0 Å². The van der Waals surface area contributed by atoms with Crippen LogP contribution in [0.15, 0.2) is 11.1 Å². The molecule has 0 aromatic rings. The highest BCUT2D eigenvalue weighted by molar-refractivity contribution is 5.31. The van der Waals surface area contributed by atoms with Gasteiger partial charge in [-0.3, -0.25) is 0 Å². The predicted molar refractivity (Wildman–Crippen MR) is 28.4 cm³/mol. The van der Waals surface area contributed by atoms with E-state index in [0.717, 1.165) is 0 Å². The monoisotopic (exact) mass is 190 g/mol. The van der Waals surface area contributed by atoms with E-state index in [1.54, 1.807) is 0 Å². The highest BCUT2D eigenvalue weighted by Crippen LogP contribution is 2.47. The van der Waals surface area contributed by atoms with Crippen molar-refractivity contribution in [3.63, 3.8) is 0 Å². The molecule has 1 aliphatic carbocycles. The number of halogens is 6. The van der Waals surface area contributed by atoms with Gasteiger partial charge in [0.2, 0.25) is 0 Å². The van der Waals surface area contributed by atoms with Crippen LogP contribution >= 0.6 is 0 Å². The minimum absolute atomic E-state index is 0.516. The van der Waals surface area contributed by atoms with Gasteiger partial charge < -0.3 is 0 Å². The van der Waals surface area contributed by atoms with Crippen molar-refractivity contribution in [2.75, 3.05) is 0 Å². The smallest absolute Gasteiger partial charge is 0.166 e. The quantitative estimate of drug-likeness (QED) is 0.406. The van der Waals surface area contributed by atoms with Gasteiger partial charge in [-0.1, -0.05) is 0 Å². The van der Waals surface area contributed by atoms with E-state index in [2.05, 4.69) is 0 Å². The minimum atomic E-state index is -4.82. The van der Waals surface area contributed by atoms with Crippen molar-refractivity contribution in [2.45, 2.75) is 25.2 Å². The molecule has 6 heteroatoms. The Kier molecular flexibility index (Phi) is 1.88. The van der Waals surface area contributed by atoms with Crippen molar-refractivity contribution in [2.24, 2.45) is 0 Å². The van der Waals surface area contributed by atoms with Crippen LogP contribution in [0.4, 0.5) is 26.3 Å². The Morgan fingerprint density at radius 2 is 0.917 bits per heavy atom. The molecule has 0 aliphatic heterocycles. The third kappa shape index (κ3) is 1.56. The van der Waals surface area contributed by atoms with Gasteiger partial charge in [0.15, 0.2) is 0 Å². The summed E-state index contributed by atoms with van der Waals surface area (Å²) < 4.78 is 70.3. The Labute approximate surface area is 63.9 Å². The van der Waals surface area contributed by atoms with Crippen LogP contribution in [0.3, 0.4) is 0 Å². The van der Waals surface area contributed by atoms with Crippen LogP contribution < -0.4 is 0 Å². The van der Waals surface area contributed by atoms with Gasteiger partial charge >= 0.3 is 12.4 Å². The lowest BCUT2D eigenvalue weighted by molar-refractivity contribution is -0.127. The molecule has 0 heterocycles. The van der Waals surface area contributed by atoms with E-state index < -0.39 is 36.3 Å². The Balaban J connectivity index is 2.94. The van der Waals surface area contributed by atoms with Crippen LogP contribution in [0.5, 0.6) is 0 Å². The predicted octanol–water partition coefficient (Wildman–Crippen LogP) is 3.20. The van der Waals surface area contributed by atoms with E-state index in [1.165, 1.54) is 0 Å². The Bertz CT molecular complexity index is 193. The van der Waals surface area contributed by atoms with Crippen LogP contribution in [0.2, 0.25) is 0 Å². The first-order chi connectivity index (χ1) is 5.23. The Hall–Kier alpha value is -0.680. The van der Waals surface area contributed by atoms with Gasteiger partial charge in [0.25, 0.3) is 0 Å². The number of hydrogen-bond acceptors (Lipinski definition) is 0. The first-order valence-electron chi connectivity index (χ1n) is 3.09. The molecule has 12 heavy (non-hydrogen) atoms. The van der Waals surface area contributed by atoms with E-state index in [9.17, 15) is 26.3 Å². The van der Waals surface area contributed by atoms with Gasteiger partial charge in [-0.15, -0.1) is 0 Å². The molecule has 0 unspecified atom stereocenters. The zero-order valence-electron chi connectivity index (χ0n) is 5.68. The highest BCUT2D eigenvalue weighted by atomic mass is 19.4. The molecule has 0 spiro atoms. The summed E-state index contributed by atoms with van der Waals surface area (Å²) in [5.74, 6) is 0. The zero-order valence-corrected chi connectivity index (χ0v) is 5.68. The largest absolute Gasteiger partial charge is 0.412 e. The maximum absolute atomic E-state index is 11.7. The maximum Gasteiger partial charge on any atom is 0.412 e. The third-order valence-corrected chi connectivity index (χ3v) is 1.67. The number of allylic oxidation sites excluding steroid dienone is 2. The fourth-order valence-corrected chi connectivity index (χ4v) is 1.00. The standard InChI is InChI=1S/C6H4F6/c7-5(8,9)3-1-2-4(3)6(10,11)12/h1-2H2. The lowest BCUT2D eigenvalue weighted by atomic mass is 9.87. The molecule has 0 aromatic carbocycles. The second-order valence-corrected chi connectivity index (χ2v) is 2.45. The second-order valence-electron chi connectivity index (χ2n) is 2.45. The SMILES string of the molecule is FC(F)(F)C1=C(C(F)(F)F)CC1. The van der Waals surface area contributed by atoms with Crippen molar-refractivity contribution >= 4 is 0 Å². The van der Waals surface area contributed by atoms with Crippen molar-refractivity contribution < 1.29 is 26.3 Å². The van der Waals surface area contributed by atoms with Gasteiger partial charge in [0, 0.05) is 11.1 Å². The summed E-state index contributed by atoms with van der Waals surface area (Å²) in [6, 6.07) is 0. The van der Waals surface area contributed by atoms with Gasteiger partial charge in [-0.05, 0) is 12.8 Å². The zero-order chi connectivity index (χ0) is 9.57. The average Bonchev–Trinajstić information content (AvgIpc) is 1.46. The number of hydrogen-bond donors (Lipinski definition) is 0. The fraction of sp³-hybridized carbons (Fsp3) is 0.667. The van der Waals surface area contributed by atoms with Gasteiger partial charge in [0.1, 0.15) is 0 Å². The summed E-state index contributed by atoms with van der Waals surface area (Å²) in [5, 5.41) is 0. The summed E-state index contributed by atoms with van der Waals surface area (Å²) in [7, 11) is 0. The number of alkyl halides is 6. The molecule has 0 N–H and O–H groups in total. The van der Waals surface area contributed by atoms with E-state index in [4.69, 9.17) is 0 Å². The molecule has 0 aromatic heterocycles. The van der Waals surface area contributed by atoms with Gasteiger partial charge in [-0.25, -0.2) is 0 Å². The van der Waals surface area contributed by atoms with Gasteiger partial charge in [-0.2, -0.15) is 26.3 Å². The molecule has 1 aliphatic rings. The number of rotatable bonds is 0. The average molecular weight is 190 g/mol. The van der Waals surface area contributed by atoms with Crippen LogP contribution in [-0.2, 0) is 0 Å². The molecule has 0 nitrogen and oxygen atoms in total. The molecular formula is C6H4F6. The topological polar surface area (TPSA) is 0 Å². The fourth-order valence-electron chi connectivity index (χ4n) is 1.00. The summed E-state index contributed by atoms with van der Waals surface area (Å²) in [5.41, 5.74) is -2.84. The molecule has 0 fully saturated rings. The molecule has 0 amide bonds. The normalized spacial score (nSPS) is 19.5.